The van der Waals surface area contributed by atoms with Gasteiger partial charge in [-0.1, -0.05) is 158 Å². The van der Waals surface area contributed by atoms with E-state index in [4.69, 9.17) is 4.11 Å². The molecule has 10 rings (SSSR count). The minimum atomic E-state index is -2.36. The summed E-state index contributed by atoms with van der Waals surface area (Å²) in [6.07, 6.45) is 2.11. The number of nitrogens with zero attached hydrogens (tertiary/aromatic N) is 2. The molecule has 6 aromatic rings. The Morgan fingerprint density at radius 1 is 0.492 bits per heavy atom. The molecular formula is C60H69BN2. The van der Waals surface area contributed by atoms with E-state index < -0.39 is 6.85 Å². The van der Waals surface area contributed by atoms with Crippen molar-refractivity contribution in [3.63, 3.8) is 0 Å². The van der Waals surface area contributed by atoms with Gasteiger partial charge in [-0.15, -0.1) is 0 Å². The van der Waals surface area contributed by atoms with E-state index in [0.29, 0.717) is 5.56 Å². The lowest BCUT2D eigenvalue weighted by molar-refractivity contribution is 0.402. The highest BCUT2D eigenvalue weighted by Crippen LogP contribution is 2.55. The number of hydrogen-bond acceptors (Lipinski definition) is 2. The van der Waals surface area contributed by atoms with E-state index in [1.807, 2.05) is 12.1 Å². The average molecular weight is 832 g/mol. The second-order valence-corrected chi connectivity index (χ2v) is 24.4. The fourth-order valence-corrected chi connectivity index (χ4v) is 12.8. The maximum atomic E-state index is 9.16. The predicted molar refractivity (Wildman–Crippen MR) is 274 cm³/mol. The molecule has 6 aromatic carbocycles. The summed E-state index contributed by atoms with van der Waals surface area (Å²) >= 11 is 0. The quantitative estimate of drug-likeness (QED) is 0.164. The largest absolute Gasteiger partial charge is 0.311 e. The minimum Gasteiger partial charge on any atom is -0.311 e. The highest BCUT2D eigenvalue weighted by molar-refractivity contribution is 7.00. The Kier molecular flexibility index (Phi) is 8.10. The Morgan fingerprint density at radius 3 is 1.52 bits per heavy atom. The molecule has 0 amide bonds. The van der Waals surface area contributed by atoms with Gasteiger partial charge in [-0.25, -0.2) is 0 Å². The number of rotatable bonds is 3. The van der Waals surface area contributed by atoms with Gasteiger partial charge < -0.3 is 9.80 Å². The zero-order valence-corrected chi connectivity index (χ0v) is 40.7. The van der Waals surface area contributed by atoms with Crippen molar-refractivity contribution in [2.45, 2.75) is 156 Å². The van der Waals surface area contributed by atoms with Crippen molar-refractivity contribution in [3.05, 3.63) is 148 Å². The molecule has 3 heteroatoms. The van der Waals surface area contributed by atoms with Crippen LogP contribution in [0.4, 0.5) is 34.1 Å². The molecule has 0 N–H and O–H groups in total. The van der Waals surface area contributed by atoms with Gasteiger partial charge in [0.2, 0.25) is 0 Å². The average Bonchev–Trinajstić information content (AvgIpc) is 3.51. The molecule has 0 unspecified atom stereocenters. The van der Waals surface area contributed by atoms with Crippen molar-refractivity contribution in [1.82, 2.24) is 0 Å². The summed E-state index contributed by atoms with van der Waals surface area (Å²) in [5, 5.41) is 0. The summed E-state index contributed by atoms with van der Waals surface area (Å²) < 4.78 is 27.5. The van der Waals surface area contributed by atoms with E-state index >= 15 is 0 Å². The van der Waals surface area contributed by atoms with E-state index in [1.54, 1.807) is 0 Å². The molecule has 63 heavy (non-hydrogen) atoms. The fourth-order valence-electron chi connectivity index (χ4n) is 12.8. The van der Waals surface area contributed by atoms with Gasteiger partial charge in [0, 0.05) is 38.1 Å². The van der Waals surface area contributed by atoms with Crippen LogP contribution in [0, 0.1) is 13.8 Å². The molecule has 4 aliphatic rings. The lowest BCUT2D eigenvalue weighted by atomic mass is 9.33. The van der Waals surface area contributed by atoms with Crippen LogP contribution in [-0.2, 0) is 32.5 Å². The first-order valence-electron chi connectivity index (χ1n) is 25.0. The molecule has 0 bridgehead atoms. The third kappa shape index (κ3) is 6.33. The Balaban J connectivity index is 1.38. The highest BCUT2D eigenvalue weighted by Gasteiger charge is 2.49. The summed E-state index contributed by atoms with van der Waals surface area (Å²) in [5.41, 5.74) is 21.6. The number of benzene rings is 6. The van der Waals surface area contributed by atoms with Crippen LogP contribution in [-0.4, -0.2) is 6.71 Å². The highest BCUT2D eigenvalue weighted by atomic mass is 15.2. The summed E-state index contributed by atoms with van der Waals surface area (Å²) in [5.74, 6) is 0. The third-order valence-electron chi connectivity index (χ3n) is 15.5. The number of anilines is 6. The monoisotopic (exact) mass is 832 g/mol. The molecule has 0 saturated carbocycles. The van der Waals surface area contributed by atoms with Crippen molar-refractivity contribution in [2.24, 2.45) is 0 Å². The molecule has 2 heterocycles. The first kappa shape index (κ1) is 38.4. The van der Waals surface area contributed by atoms with Gasteiger partial charge in [0.15, 0.2) is 0 Å². The SMILES string of the molecule is [2H]C([2H])([2H])c1cc2c3c(c1)N(c1ccc(C(C)(C)C)cc1-c1ccccc1)c1cc4c(cc1B3c1cc(C(C)(C)C)ccc1N2c1cc2c(cc1C)C(C)(C)CC2(C)C)C(C)(C)CC4(C)C. The van der Waals surface area contributed by atoms with E-state index in [2.05, 4.69) is 205 Å². The molecule has 322 valence electrons. The second kappa shape index (κ2) is 13.3. The summed E-state index contributed by atoms with van der Waals surface area (Å²) in [4.78, 5) is 4.92. The van der Waals surface area contributed by atoms with E-state index in [0.717, 1.165) is 63.6 Å². The van der Waals surface area contributed by atoms with E-state index in [1.165, 1.54) is 49.9 Å². The molecule has 0 fully saturated rings. The smallest absolute Gasteiger partial charge is 0.252 e. The van der Waals surface area contributed by atoms with Crippen molar-refractivity contribution in [3.8, 4) is 11.1 Å². The van der Waals surface area contributed by atoms with Crippen molar-refractivity contribution < 1.29 is 4.11 Å². The first-order valence-corrected chi connectivity index (χ1v) is 23.5. The normalized spacial score (nSPS) is 19.3. The van der Waals surface area contributed by atoms with Crippen LogP contribution in [0.25, 0.3) is 11.1 Å². The van der Waals surface area contributed by atoms with Crippen LogP contribution in [0.15, 0.2) is 103 Å². The molecule has 0 atom stereocenters. The van der Waals surface area contributed by atoms with Crippen LogP contribution < -0.4 is 26.2 Å². The molecule has 0 radical (unpaired) electrons. The van der Waals surface area contributed by atoms with Gasteiger partial charge in [0.25, 0.3) is 6.71 Å². The maximum Gasteiger partial charge on any atom is 0.252 e. The number of aryl methyl sites for hydroxylation is 2. The minimum absolute atomic E-state index is 0.0255. The fraction of sp³-hybridized carbons (Fsp3) is 0.400. The Labute approximate surface area is 384 Å². The van der Waals surface area contributed by atoms with Crippen LogP contribution >= 0.6 is 0 Å². The van der Waals surface area contributed by atoms with E-state index in [9.17, 15) is 0 Å². The Bertz CT molecular complexity index is 3010. The zero-order valence-electron chi connectivity index (χ0n) is 43.7. The van der Waals surface area contributed by atoms with E-state index in [-0.39, 0.29) is 39.2 Å². The zero-order chi connectivity index (χ0) is 47.6. The van der Waals surface area contributed by atoms with Crippen LogP contribution in [0.1, 0.15) is 158 Å². The summed E-state index contributed by atoms with van der Waals surface area (Å²) in [6, 6.07) is 38.9. The van der Waals surface area contributed by atoms with Crippen LogP contribution in [0.2, 0.25) is 0 Å². The number of hydrogen-bond donors (Lipinski definition) is 0. The van der Waals surface area contributed by atoms with Gasteiger partial charge in [-0.3, -0.25) is 0 Å². The molecule has 0 spiro atoms. The van der Waals surface area contributed by atoms with Crippen molar-refractivity contribution >= 4 is 57.2 Å². The van der Waals surface area contributed by atoms with Crippen LogP contribution in [0.3, 0.4) is 0 Å². The Morgan fingerprint density at radius 2 is 0.968 bits per heavy atom. The van der Waals surface area contributed by atoms with Gasteiger partial charge in [0.05, 0.1) is 5.69 Å². The molecule has 0 saturated heterocycles. The lowest BCUT2D eigenvalue weighted by Crippen LogP contribution is -2.62. The molecular weight excluding hydrogens is 759 g/mol. The standard InChI is InChI=1S/C60H69BN2/c1-36-26-52-54-53(27-36)63(50-32-44-42(28-37(50)2)57(9,10)34-59(44,13)14)49-25-23-40(56(6,7)8)30-46(49)61(54)47-31-43-45(60(15,16)35-58(43,11)12)33-51(47)62(52)48-24-22-39(55(3,4)5)29-41(48)38-20-18-17-19-21-38/h17-33H,34-35H2,1-16H3/i1D3. The molecule has 2 nitrogen and oxygen atoms in total. The number of fused-ring (bicyclic) bond motifs is 6. The van der Waals surface area contributed by atoms with Crippen molar-refractivity contribution in [2.75, 3.05) is 9.80 Å². The first-order chi connectivity index (χ1) is 30.5. The van der Waals surface area contributed by atoms with Crippen molar-refractivity contribution in [1.29, 1.82) is 0 Å². The molecule has 0 aromatic heterocycles. The lowest BCUT2D eigenvalue weighted by Gasteiger charge is -2.46. The predicted octanol–water partition coefficient (Wildman–Crippen LogP) is 14.6. The Hall–Kier alpha value is -5.02. The van der Waals surface area contributed by atoms with Crippen LogP contribution in [0.5, 0.6) is 0 Å². The third-order valence-corrected chi connectivity index (χ3v) is 15.5. The van der Waals surface area contributed by atoms with Gasteiger partial charge >= 0.3 is 0 Å². The van der Waals surface area contributed by atoms with Gasteiger partial charge in [-0.2, -0.15) is 0 Å². The summed E-state index contributed by atoms with van der Waals surface area (Å²) in [6.45, 7) is 32.7. The molecule has 2 aliphatic heterocycles. The van der Waals surface area contributed by atoms with Gasteiger partial charge in [-0.05, 0) is 168 Å². The molecule has 2 aliphatic carbocycles. The van der Waals surface area contributed by atoms with Gasteiger partial charge in [0.1, 0.15) is 0 Å². The second-order valence-electron chi connectivity index (χ2n) is 24.4. The summed E-state index contributed by atoms with van der Waals surface area (Å²) in [7, 11) is 0. The maximum absolute atomic E-state index is 9.16. The topological polar surface area (TPSA) is 6.48 Å².